The average Bonchev–Trinajstić information content (AvgIpc) is 2.95. The van der Waals surface area contributed by atoms with Gasteiger partial charge in [-0.2, -0.15) is 0 Å². The molecule has 2 heteroatoms. The lowest BCUT2D eigenvalue weighted by molar-refractivity contribution is 0.431. The lowest BCUT2D eigenvalue weighted by atomic mass is 9.98. The molecule has 23 heavy (non-hydrogen) atoms. The highest BCUT2D eigenvalue weighted by atomic mass is 16.3. The number of hydrogen-bond acceptors (Lipinski definition) is 2. The summed E-state index contributed by atoms with van der Waals surface area (Å²) in [4.78, 5) is 2.11. The van der Waals surface area contributed by atoms with Crippen LogP contribution in [0.15, 0.2) is 77.5 Å². The Morgan fingerprint density at radius 3 is 2.57 bits per heavy atom. The van der Waals surface area contributed by atoms with Crippen molar-refractivity contribution in [1.82, 2.24) is 4.90 Å². The molecule has 0 N–H and O–H groups in total. The SMILES string of the molecule is C=CN1C=CC(C)=CC1c1cccc2c1oc1c(C)cccc12. The first-order valence-electron chi connectivity index (χ1n) is 7.86. The molecule has 1 atom stereocenters. The molecule has 1 aromatic heterocycles. The van der Waals surface area contributed by atoms with Crippen LogP contribution in [0.4, 0.5) is 0 Å². The minimum atomic E-state index is 0.113. The summed E-state index contributed by atoms with van der Waals surface area (Å²) in [5.41, 5.74) is 5.53. The van der Waals surface area contributed by atoms with Crippen LogP contribution in [0.25, 0.3) is 21.9 Å². The molecular weight excluding hydrogens is 282 g/mol. The van der Waals surface area contributed by atoms with Crippen molar-refractivity contribution in [2.24, 2.45) is 0 Å². The molecule has 2 nitrogen and oxygen atoms in total. The molecule has 0 bridgehead atoms. The van der Waals surface area contributed by atoms with Crippen LogP contribution in [0.3, 0.4) is 0 Å². The van der Waals surface area contributed by atoms with Gasteiger partial charge in [0.1, 0.15) is 11.2 Å². The van der Waals surface area contributed by atoms with Crippen LogP contribution in [0.1, 0.15) is 24.1 Å². The van der Waals surface area contributed by atoms with E-state index in [-0.39, 0.29) is 6.04 Å². The standard InChI is InChI=1S/C21H19NO/c1-4-22-12-11-14(2)13-19(22)18-10-6-9-17-16-8-5-7-15(3)20(16)23-21(17)18/h4-13,19H,1H2,2-3H3. The molecular formula is C21H19NO. The number of allylic oxidation sites excluding steroid dienone is 2. The number of rotatable bonds is 2. The topological polar surface area (TPSA) is 16.4 Å². The zero-order valence-electron chi connectivity index (χ0n) is 13.4. The Balaban J connectivity index is 2.01. The fraction of sp³-hybridized carbons (Fsp3) is 0.143. The summed E-state index contributed by atoms with van der Waals surface area (Å²) in [6.45, 7) is 8.15. The van der Waals surface area contributed by atoms with Crippen LogP contribution in [0.5, 0.6) is 0 Å². The van der Waals surface area contributed by atoms with Crippen molar-refractivity contribution in [1.29, 1.82) is 0 Å². The van der Waals surface area contributed by atoms with Crippen molar-refractivity contribution >= 4 is 21.9 Å². The molecule has 0 fully saturated rings. The summed E-state index contributed by atoms with van der Waals surface area (Å²) in [5.74, 6) is 0. The molecule has 0 aliphatic carbocycles. The maximum absolute atomic E-state index is 6.28. The van der Waals surface area contributed by atoms with E-state index in [2.05, 4.69) is 80.1 Å². The summed E-state index contributed by atoms with van der Waals surface area (Å²) in [7, 11) is 0. The second kappa shape index (κ2) is 5.17. The van der Waals surface area contributed by atoms with Gasteiger partial charge in [0.25, 0.3) is 0 Å². The normalized spacial score (nSPS) is 17.7. The molecule has 1 unspecified atom stereocenters. The largest absolute Gasteiger partial charge is 0.455 e. The molecule has 1 aliphatic heterocycles. The highest BCUT2D eigenvalue weighted by Gasteiger charge is 2.21. The van der Waals surface area contributed by atoms with Gasteiger partial charge in [0.15, 0.2) is 0 Å². The van der Waals surface area contributed by atoms with Gasteiger partial charge in [-0.1, -0.05) is 54.6 Å². The Morgan fingerprint density at radius 2 is 1.78 bits per heavy atom. The molecule has 4 rings (SSSR count). The van der Waals surface area contributed by atoms with Gasteiger partial charge in [0.2, 0.25) is 0 Å². The van der Waals surface area contributed by atoms with Gasteiger partial charge in [0.05, 0.1) is 6.04 Å². The van der Waals surface area contributed by atoms with E-state index in [1.165, 1.54) is 27.5 Å². The average molecular weight is 301 g/mol. The summed E-state index contributed by atoms with van der Waals surface area (Å²) in [6.07, 6.45) is 8.27. The Morgan fingerprint density at radius 1 is 1.04 bits per heavy atom. The van der Waals surface area contributed by atoms with Crippen LogP contribution in [-0.2, 0) is 0 Å². The zero-order chi connectivity index (χ0) is 16.0. The minimum absolute atomic E-state index is 0.113. The van der Waals surface area contributed by atoms with E-state index >= 15 is 0 Å². The predicted octanol–water partition coefficient (Wildman–Crippen LogP) is 5.85. The van der Waals surface area contributed by atoms with E-state index in [0.29, 0.717) is 0 Å². The third-order valence-electron chi connectivity index (χ3n) is 4.53. The van der Waals surface area contributed by atoms with E-state index in [9.17, 15) is 0 Å². The quantitative estimate of drug-likeness (QED) is 0.590. The lowest BCUT2D eigenvalue weighted by Gasteiger charge is -2.28. The van der Waals surface area contributed by atoms with Gasteiger partial charge in [0, 0.05) is 22.5 Å². The number of hydrogen-bond donors (Lipinski definition) is 0. The molecule has 0 spiro atoms. The van der Waals surface area contributed by atoms with Crippen LogP contribution >= 0.6 is 0 Å². The van der Waals surface area contributed by atoms with E-state index in [1.807, 2.05) is 6.20 Å². The first-order valence-corrected chi connectivity index (χ1v) is 7.86. The molecule has 0 saturated carbocycles. The molecule has 2 heterocycles. The van der Waals surface area contributed by atoms with Crippen LogP contribution in [0.2, 0.25) is 0 Å². The van der Waals surface area contributed by atoms with Crippen LogP contribution in [-0.4, -0.2) is 4.90 Å². The number of para-hydroxylation sites is 2. The first kappa shape index (κ1) is 13.9. The third-order valence-corrected chi connectivity index (χ3v) is 4.53. The number of fused-ring (bicyclic) bond motifs is 3. The van der Waals surface area contributed by atoms with Crippen molar-refractivity contribution in [3.8, 4) is 0 Å². The molecule has 0 radical (unpaired) electrons. The van der Waals surface area contributed by atoms with Gasteiger partial charge >= 0.3 is 0 Å². The van der Waals surface area contributed by atoms with E-state index in [1.54, 1.807) is 0 Å². The maximum atomic E-state index is 6.28. The Hall–Kier alpha value is -2.74. The molecule has 114 valence electrons. The minimum Gasteiger partial charge on any atom is -0.455 e. The van der Waals surface area contributed by atoms with E-state index in [0.717, 1.165) is 11.2 Å². The number of aryl methyl sites for hydroxylation is 1. The van der Waals surface area contributed by atoms with E-state index < -0.39 is 0 Å². The number of benzene rings is 2. The number of furan rings is 1. The molecule has 1 aliphatic rings. The highest BCUT2D eigenvalue weighted by molar-refractivity contribution is 6.06. The molecule has 0 saturated heterocycles. The maximum Gasteiger partial charge on any atom is 0.141 e. The fourth-order valence-electron chi connectivity index (χ4n) is 3.33. The van der Waals surface area contributed by atoms with Crippen molar-refractivity contribution in [2.45, 2.75) is 19.9 Å². The zero-order valence-corrected chi connectivity index (χ0v) is 13.4. The summed E-state index contributed by atoms with van der Waals surface area (Å²) >= 11 is 0. The van der Waals surface area contributed by atoms with Gasteiger partial charge in [-0.05, 0) is 31.7 Å². The third kappa shape index (κ3) is 2.10. The summed E-state index contributed by atoms with van der Waals surface area (Å²) in [5, 5.41) is 2.35. The lowest BCUT2D eigenvalue weighted by Crippen LogP contribution is -2.18. The van der Waals surface area contributed by atoms with E-state index in [4.69, 9.17) is 4.42 Å². The molecule has 2 aromatic carbocycles. The molecule has 0 amide bonds. The monoisotopic (exact) mass is 301 g/mol. The van der Waals surface area contributed by atoms with Gasteiger partial charge in [-0.25, -0.2) is 0 Å². The smallest absolute Gasteiger partial charge is 0.141 e. The predicted molar refractivity (Wildman–Crippen MR) is 96.1 cm³/mol. The number of nitrogens with zero attached hydrogens (tertiary/aromatic N) is 1. The van der Waals surface area contributed by atoms with Crippen LogP contribution < -0.4 is 0 Å². The fourth-order valence-corrected chi connectivity index (χ4v) is 3.33. The first-order chi connectivity index (χ1) is 11.2. The second-order valence-corrected chi connectivity index (χ2v) is 6.08. The Kier molecular flexibility index (Phi) is 3.12. The summed E-state index contributed by atoms with van der Waals surface area (Å²) < 4.78 is 6.28. The van der Waals surface area contributed by atoms with Crippen molar-refractivity contribution in [3.05, 3.63) is 84.2 Å². The van der Waals surface area contributed by atoms with Crippen LogP contribution in [0, 0.1) is 6.92 Å². The van der Waals surface area contributed by atoms with Crippen molar-refractivity contribution in [2.75, 3.05) is 0 Å². The van der Waals surface area contributed by atoms with Crippen molar-refractivity contribution in [3.63, 3.8) is 0 Å². The Labute approximate surface area is 136 Å². The summed E-state index contributed by atoms with van der Waals surface area (Å²) in [6, 6.07) is 12.8. The highest BCUT2D eigenvalue weighted by Crippen LogP contribution is 2.38. The molecule has 3 aromatic rings. The Bertz CT molecular complexity index is 974. The second-order valence-electron chi connectivity index (χ2n) is 6.08. The van der Waals surface area contributed by atoms with Crippen molar-refractivity contribution < 1.29 is 4.42 Å². The van der Waals surface area contributed by atoms with Gasteiger partial charge < -0.3 is 9.32 Å². The van der Waals surface area contributed by atoms with Gasteiger partial charge in [-0.15, -0.1) is 0 Å². The van der Waals surface area contributed by atoms with Gasteiger partial charge in [-0.3, -0.25) is 0 Å².